The summed E-state index contributed by atoms with van der Waals surface area (Å²) in [7, 11) is 0. The molecule has 6 nitrogen and oxygen atoms in total. The lowest BCUT2D eigenvalue weighted by atomic mass is 9.70. The number of aromatic amines is 1. The minimum absolute atomic E-state index is 0.181. The molecule has 4 N–H and O–H groups in total. The van der Waals surface area contributed by atoms with Gasteiger partial charge in [-0.3, -0.25) is 0 Å². The van der Waals surface area contributed by atoms with Crippen molar-refractivity contribution in [2.24, 2.45) is 17.1 Å². The molecular formula is C24H27N5O. The number of aldehydes is 1. The number of benzene rings is 1. The number of H-pyrrole nitrogens is 1. The molecule has 1 fully saturated rings. The molecule has 3 aromatic rings. The summed E-state index contributed by atoms with van der Waals surface area (Å²) in [6.45, 7) is 2.66. The number of rotatable bonds is 6. The summed E-state index contributed by atoms with van der Waals surface area (Å²) in [6, 6.07) is 13.8. The number of nitrogens with one attached hydrogen (secondary N) is 2. The summed E-state index contributed by atoms with van der Waals surface area (Å²) < 4.78 is 0. The molecule has 4 rings (SSSR count). The molecule has 0 bridgehead atoms. The molecule has 0 spiro atoms. The molecule has 154 valence electrons. The second-order valence-electron chi connectivity index (χ2n) is 8.53. The molecule has 1 aliphatic carbocycles. The van der Waals surface area contributed by atoms with Crippen molar-refractivity contribution in [3.8, 4) is 17.3 Å². The van der Waals surface area contributed by atoms with Gasteiger partial charge in [0, 0.05) is 41.0 Å². The highest BCUT2D eigenvalue weighted by molar-refractivity contribution is 5.93. The van der Waals surface area contributed by atoms with Gasteiger partial charge in [-0.2, -0.15) is 5.26 Å². The first kappa shape index (κ1) is 20.1. The molecule has 0 aliphatic heterocycles. The maximum atomic E-state index is 12.0. The van der Waals surface area contributed by atoms with E-state index in [1.165, 1.54) is 0 Å². The Labute approximate surface area is 176 Å². The standard InChI is InChI=1S/C24H27N5O/c1-16(26)18-5-8-24(15-30,9-6-18)14-28-21-7-10-27-23-20(21)12-22(29-23)19-4-2-3-17(11-19)13-25/h2-4,7,10-12,15-16,18H,5-6,8-9,14,26H2,1H3,(H2,27,28,29). The van der Waals surface area contributed by atoms with Crippen LogP contribution < -0.4 is 11.1 Å². The Bertz CT molecular complexity index is 1090. The second-order valence-corrected chi connectivity index (χ2v) is 8.53. The van der Waals surface area contributed by atoms with Gasteiger partial charge in [-0.25, -0.2) is 4.98 Å². The minimum Gasteiger partial charge on any atom is -0.383 e. The first-order valence-electron chi connectivity index (χ1n) is 10.5. The Hall–Kier alpha value is -3.17. The topological polar surface area (TPSA) is 108 Å². The van der Waals surface area contributed by atoms with Crippen molar-refractivity contribution in [2.75, 3.05) is 11.9 Å². The number of anilines is 1. The molecule has 30 heavy (non-hydrogen) atoms. The van der Waals surface area contributed by atoms with E-state index in [2.05, 4.69) is 28.3 Å². The number of nitrogens with zero attached hydrogens (tertiary/aromatic N) is 2. The van der Waals surface area contributed by atoms with E-state index in [0.29, 0.717) is 18.0 Å². The Kier molecular flexibility index (Phi) is 5.56. The van der Waals surface area contributed by atoms with E-state index in [4.69, 9.17) is 11.0 Å². The number of fused-ring (bicyclic) bond motifs is 1. The lowest BCUT2D eigenvalue weighted by Crippen LogP contribution is -2.39. The van der Waals surface area contributed by atoms with Gasteiger partial charge in [-0.05, 0) is 68.4 Å². The summed E-state index contributed by atoms with van der Waals surface area (Å²) in [6.07, 6.45) is 6.61. The van der Waals surface area contributed by atoms with E-state index in [1.807, 2.05) is 30.3 Å². The predicted molar refractivity (Wildman–Crippen MR) is 119 cm³/mol. The Morgan fingerprint density at radius 3 is 2.87 bits per heavy atom. The highest BCUT2D eigenvalue weighted by Gasteiger charge is 2.36. The van der Waals surface area contributed by atoms with Crippen LogP contribution in [0, 0.1) is 22.7 Å². The highest BCUT2D eigenvalue weighted by Crippen LogP contribution is 2.39. The molecular weight excluding hydrogens is 374 g/mol. The van der Waals surface area contributed by atoms with E-state index in [-0.39, 0.29) is 11.5 Å². The van der Waals surface area contributed by atoms with Crippen LogP contribution in [0.25, 0.3) is 22.3 Å². The predicted octanol–water partition coefficient (Wildman–Crippen LogP) is 4.24. The van der Waals surface area contributed by atoms with Gasteiger partial charge in [0.1, 0.15) is 11.9 Å². The highest BCUT2D eigenvalue weighted by atomic mass is 16.1. The van der Waals surface area contributed by atoms with E-state index in [9.17, 15) is 4.79 Å². The molecule has 0 saturated heterocycles. The summed E-state index contributed by atoms with van der Waals surface area (Å²) >= 11 is 0. The van der Waals surface area contributed by atoms with Crippen LogP contribution in [-0.4, -0.2) is 28.8 Å². The van der Waals surface area contributed by atoms with Crippen LogP contribution in [0.5, 0.6) is 0 Å². The van der Waals surface area contributed by atoms with Gasteiger partial charge in [0.15, 0.2) is 0 Å². The third-order valence-corrected chi connectivity index (χ3v) is 6.49. The molecule has 2 aromatic heterocycles. The summed E-state index contributed by atoms with van der Waals surface area (Å²) in [5.74, 6) is 0.502. The van der Waals surface area contributed by atoms with Gasteiger partial charge in [0.25, 0.3) is 0 Å². The maximum Gasteiger partial charge on any atom is 0.139 e. The van der Waals surface area contributed by atoms with Gasteiger partial charge in [0.2, 0.25) is 0 Å². The maximum absolute atomic E-state index is 12.0. The number of carbonyl (C=O) groups excluding carboxylic acids is 1. The van der Waals surface area contributed by atoms with Gasteiger partial charge in [0.05, 0.1) is 11.6 Å². The number of nitrogens with two attached hydrogens (primary N) is 1. The lowest BCUT2D eigenvalue weighted by molar-refractivity contribution is -0.117. The van der Waals surface area contributed by atoms with Gasteiger partial charge < -0.3 is 20.8 Å². The third-order valence-electron chi connectivity index (χ3n) is 6.49. The first-order chi connectivity index (χ1) is 14.5. The van der Waals surface area contributed by atoms with Gasteiger partial charge >= 0.3 is 0 Å². The lowest BCUT2D eigenvalue weighted by Gasteiger charge is -2.37. The van der Waals surface area contributed by atoms with Crippen LogP contribution in [0.4, 0.5) is 5.69 Å². The molecule has 0 amide bonds. The van der Waals surface area contributed by atoms with Crippen molar-refractivity contribution in [1.29, 1.82) is 5.26 Å². The van der Waals surface area contributed by atoms with E-state index < -0.39 is 0 Å². The van der Waals surface area contributed by atoms with Crippen LogP contribution in [0.2, 0.25) is 0 Å². The van der Waals surface area contributed by atoms with Crippen LogP contribution in [0.1, 0.15) is 38.2 Å². The van der Waals surface area contributed by atoms with E-state index in [1.54, 1.807) is 12.3 Å². The van der Waals surface area contributed by atoms with Crippen LogP contribution in [-0.2, 0) is 4.79 Å². The van der Waals surface area contributed by atoms with Crippen molar-refractivity contribution >= 4 is 23.0 Å². The largest absolute Gasteiger partial charge is 0.383 e. The Balaban J connectivity index is 1.55. The average molecular weight is 402 g/mol. The van der Waals surface area contributed by atoms with Gasteiger partial charge in [-0.15, -0.1) is 0 Å². The van der Waals surface area contributed by atoms with Crippen molar-refractivity contribution < 1.29 is 4.79 Å². The quantitative estimate of drug-likeness (QED) is 0.536. The average Bonchev–Trinajstić information content (AvgIpc) is 3.23. The Morgan fingerprint density at radius 1 is 1.37 bits per heavy atom. The second kappa shape index (κ2) is 8.29. The van der Waals surface area contributed by atoms with Crippen molar-refractivity contribution in [2.45, 2.75) is 38.6 Å². The zero-order chi connectivity index (χ0) is 21.1. The molecule has 1 aromatic carbocycles. The monoisotopic (exact) mass is 401 g/mol. The number of nitriles is 1. The van der Waals surface area contributed by atoms with Crippen molar-refractivity contribution in [3.05, 3.63) is 48.2 Å². The number of carbonyl (C=O) groups is 1. The fourth-order valence-electron chi connectivity index (χ4n) is 4.44. The third kappa shape index (κ3) is 3.94. The molecule has 0 radical (unpaired) electrons. The minimum atomic E-state index is -0.346. The number of aromatic nitrogens is 2. The molecule has 1 saturated carbocycles. The molecule has 1 unspecified atom stereocenters. The van der Waals surface area contributed by atoms with Crippen LogP contribution >= 0.6 is 0 Å². The number of hydrogen-bond donors (Lipinski definition) is 3. The Morgan fingerprint density at radius 2 is 2.17 bits per heavy atom. The smallest absolute Gasteiger partial charge is 0.139 e. The van der Waals surface area contributed by atoms with E-state index in [0.717, 1.165) is 59.9 Å². The summed E-state index contributed by atoms with van der Waals surface area (Å²) in [5, 5.41) is 13.6. The summed E-state index contributed by atoms with van der Waals surface area (Å²) in [5.41, 5.74) is 9.91. The fraction of sp³-hybridized carbons (Fsp3) is 0.375. The van der Waals surface area contributed by atoms with Crippen molar-refractivity contribution in [3.63, 3.8) is 0 Å². The normalized spacial score (nSPS) is 22.4. The van der Waals surface area contributed by atoms with Crippen LogP contribution in [0.3, 0.4) is 0 Å². The van der Waals surface area contributed by atoms with Crippen molar-refractivity contribution in [1.82, 2.24) is 9.97 Å². The number of hydrogen-bond acceptors (Lipinski definition) is 5. The molecule has 1 aliphatic rings. The molecule has 6 heteroatoms. The number of pyridine rings is 1. The molecule has 2 heterocycles. The van der Waals surface area contributed by atoms with Crippen LogP contribution in [0.15, 0.2) is 42.6 Å². The van der Waals surface area contributed by atoms with E-state index >= 15 is 0 Å². The zero-order valence-electron chi connectivity index (χ0n) is 17.2. The fourth-order valence-corrected chi connectivity index (χ4v) is 4.44. The molecule has 1 atom stereocenters. The summed E-state index contributed by atoms with van der Waals surface area (Å²) in [4.78, 5) is 19.8. The SMILES string of the molecule is CC(N)C1CCC(C=O)(CNc2ccnc3[nH]c(-c4cccc(C#N)c4)cc23)CC1. The van der Waals surface area contributed by atoms with Gasteiger partial charge in [-0.1, -0.05) is 12.1 Å². The zero-order valence-corrected chi connectivity index (χ0v) is 17.2. The first-order valence-corrected chi connectivity index (χ1v) is 10.5.